The highest BCUT2D eigenvalue weighted by molar-refractivity contribution is 5.40. The molecule has 1 heterocycles. The molecule has 1 aromatic heterocycles. The van der Waals surface area contributed by atoms with Crippen molar-refractivity contribution in [2.45, 2.75) is 46.7 Å². The van der Waals surface area contributed by atoms with Crippen molar-refractivity contribution in [3.05, 3.63) is 23.0 Å². The first-order chi connectivity index (χ1) is 7.60. The maximum absolute atomic E-state index is 5.38. The molecular formula is C13H22N2O. The zero-order chi connectivity index (χ0) is 12.1. The maximum Gasteiger partial charge on any atom is 0.128 e. The van der Waals surface area contributed by atoms with Crippen LogP contribution in [0.15, 0.2) is 6.20 Å². The van der Waals surface area contributed by atoms with Crippen molar-refractivity contribution >= 4 is 0 Å². The number of hydrogen-bond acceptors (Lipinski definition) is 3. The summed E-state index contributed by atoms with van der Waals surface area (Å²) in [6.07, 6.45) is 3.00. The van der Waals surface area contributed by atoms with E-state index in [9.17, 15) is 0 Å². The summed E-state index contributed by atoms with van der Waals surface area (Å²) >= 11 is 0. The quantitative estimate of drug-likeness (QED) is 0.831. The van der Waals surface area contributed by atoms with E-state index in [2.05, 4.69) is 31.1 Å². The van der Waals surface area contributed by atoms with Gasteiger partial charge in [-0.15, -0.1) is 0 Å². The highest BCUT2D eigenvalue weighted by Gasteiger charge is 2.09. The first-order valence-corrected chi connectivity index (χ1v) is 5.82. The fraction of sp³-hybridized carbons (Fsp3) is 0.615. The summed E-state index contributed by atoms with van der Waals surface area (Å²) < 4.78 is 5.38. The van der Waals surface area contributed by atoms with Gasteiger partial charge in [0, 0.05) is 29.9 Å². The molecular weight excluding hydrogens is 200 g/mol. The van der Waals surface area contributed by atoms with Crippen molar-refractivity contribution in [1.29, 1.82) is 0 Å². The average Bonchev–Trinajstić information content (AvgIpc) is 2.28. The summed E-state index contributed by atoms with van der Waals surface area (Å²) in [5.74, 6) is 0.955. The third-order valence-corrected chi connectivity index (χ3v) is 2.98. The Bertz CT molecular complexity index is 350. The number of nitrogens with one attached hydrogen (secondary N) is 1. The third kappa shape index (κ3) is 2.95. The molecule has 16 heavy (non-hydrogen) atoms. The molecule has 1 aromatic rings. The van der Waals surface area contributed by atoms with Crippen LogP contribution in [0.25, 0.3) is 0 Å². The van der Waals surface area contributed by atoms with Gasteiger partial charge in [0.2, 0.25) is 0 Å². The monoisotopic (exact) mass is 222 g/mol. The Balaban J connectivity index is 2.81. The van der Waals surface area contributed by atoms with E-state index in [1.54, 1.807) is 7.11 Å². The smallest absolute Gasteiger partial charge is 0.128 e. The molecule has 90 valence electrons. The second-order valence-corrected chi connectivity index (χ2v) is 4.24. The van der Waals surface area contributed by atoms with E-state index >= 15 is 0 Å². The van der Waals surface area contributed by atoms with Crippen LogP contribution in [0.1, 0.15) is 37.1 Å². The summed E-state index contributed by atoms with van der Waals surface area (Å²) in [6, 6.07) is 0.522. The predicted octanol–water partition coefficient (Wildman–Crippen LogP) is 2.60. The minimum atomic E-state index is 0.522. The summed E-state index contributed by atoms with van der Waals surface area (Å²) in [5.41, 5.74) is 3.30. The van der Waals surface area contributed by atoms with Crippen molar-refractivity contribution in [1.82, 2.24) is 10.3 Å². The van der Waals surface area contributed by atoms with Crippen molar-refractivity contribution in [2.24, 2.45) is 0 Å². The van der Waals surface area contributed by atoms with Gasteiger partial charge in [-0.2, -0.15) is 0 Å². The summed E-state index contributed by atoms with van der Waals surface area (Å²) in [5, 5.41) is 3.44. The summed E-state index contributed by atoms with van der Waals surface area (Å²) in [7, 11) is 1.71. The number of nitrogens with zero attached hydrogens (tertiary/aromatic N) is 1. The molecule has 0 radical (unpaired) electrons. The molecule has 0 aliphatic heterocycles. The molecule has 3 nitrogen and oxygen atoms in total. The lowest BCUT2D eigenvalue weighted by atomic mass is 10.1. The van der Waals surface area contributed by atoms with E-state index in [0.717, 1.165) is 35.5 Å². The Morgan fingerprint density at radius 3 is 2.69 bits per heavy atom. The van der Waals surface area contributed by atoms with Gasteiger partial charge in [-0.05, 0) is 27.2 Å². The molecule has 0 spiro atoms. The van der Waals surface area contributed by atoms with Crippen molar-refractivity contribution in [3.63, 3.8) is 0 Å². The molecule has 1 N–H and O–H groups in total. The first-order valence-electron chi connectivity index (χ1n) is 5.82. The number of hydrogen-bond donors (Lipinski definition) is 1. The highest BCUT2D eigenvalue weighted by atomic mass is 16.5. The highest BCUT2D eigenvalue weighted by Crippen LogP contribution is 2.23. The van der Waals surface area contributed by atoms with E-state index in [1.807, 2.05) is 13.1 Å². The lowest BCUT2D eigenvalue weighted by Gasteiger charge is -2.15. The minimum Gasteiger partial charge on any atom is -0.496 e. The fourth-order valence-electron chi connectivity index (χ4n) is 1.66. The van der Waals surface area contributed by atoms with Gasteiger partial charge >= 0.3 is 0 Å². The van der Waals surface area contributed by atoms with Gasteiger partial charge in [0.25, 0.3) is 0 Å². The van der Waals surface area contributed by atoms with Crippen molar-refractivity contribution in [3.8, 4) is 5.75 Å². The topological polar surface area (TPSA) is 34.2 Å². The molecule has 0 bridgehead atoms. The Morgan fingerprint density at radius 1 is 1.44 bits per heavy atom. The summed E-state index contributed by atoms with van der Waals surface area (Å²) in [6.45, 7) is 9.24. The van der Waals surface area contributed by atoms with Crippen LogP contribution in [0.3, 0.4) is 0 Å². The number of ether oxygens (including phenoxy) is 1. The Hall–Kier alpha value is -1.09. The molecule has 1 rings (SSSR count). The first kappa shape index (κ1) is 13.0. The van der Waals surface area contributed by atoms with E-state index in [-0.39, 0.29) is 0 Å². The summed E-state index contributed by atoms with van der Waals surface area (Å²) in [4.78, 5) is 4.45. The van der Waals surface area contributed by atoms with Crippen LogP contribution >= 0.6 is 0 Å². The van der Waals surface area contributed by atoms with Gasteiger partial charge in [0.15, 0.2) is 0 Å². The Labute approximate surface area is 98.2 Å². The lowest BCUT2D eigenvalue weighted by Crippen LogP contribution is -2.25. The maximum atomic E-state index is 5.38. The van der Waals surface area contributed by atoms with Gasteiger partial charge in [0.05, 0.1) is 12.8 Å². The van der Waals surface area contributed by atoms with E-state index in [1.165, 1.54) is 0 Å². The zero-order valence-electron chi connectivity index (χ0n) is 10.9. The zero-order valence-corrected chi connectivity index (χ0v) is 10.9. The molecule has 0 aliphatic carbocycles. The van der Waals surface area contributed by atoms with Crippen LogP contribution in [0.4, 0.5) is 0 Å². The Morgan fingerprint density at radius 2 is 2.12 bits per heavy atom. The second kappa shape index (κ2) is 5.85. The normalized spacial score (nSPS) is 12.6. The molecule has 0 fully saturated rings. The van der Waals surface area contributed by atoms with Gasteiger partial charge in [0.1, 0.15) is 5.75 Å². The molecule has 0 aromatic carbocycles. The molecule has 0 amide bonds. The second-order valence-electron chi connectivity index (χ2n) is 4.24. The molecule has 1 atom stereocenters. The van der Waals surface area contributed by atoms with Crippen molar-refractivity contribution in [2.75, 3.05) is 7.11 Å². The lowest BCUT2D eigenvalue weighted by molar-refractivity contribution is 0.406. The average molecular weight is 222 g/mol. The van der Waals surface area contributed by atoms with E-state index in [4.69, 9.17) is 4.74 Å². The number of pyridine rings is 1. The van der Waals surface area contributed by atoms with Crippen LogP contribution in [0.2, 0.25) is 0 Å². The van der Waals surface area contributed by atoms with Crippen LogP contribution in [0, 0.1) is 13.8 Å². The standard InChI is InChI=1S/C13H22N2O/c1-6-10(3)14-8-12-11(4)13(16-5)9(2)7-15-12/h7,10,14H,6,8H2,1-5H3. The molecule has 1 unspecified atom stereocenters. The van der Waals surface area contributed by atoms with Gasteiger partial charge in [-0.3, -0.25) is 4.98 Å². The molecule has 0 saturated heterocycles. The fourth-order valence-corrected chi connectivity index (χ4v) is 1.66. The number of methoxy groups -OCH3 is 1. The predicted molar refractivity (Wildman–Crippen MR) is 66.9 cm³/mol. The van der Waals surface area contributed by atoms with Crippen LogP contribution in [0.5, 0.6) is 5.75 Å². The van der Waals surface area contributed by atoms with Gasteiger partial charge < -0.3 is 10.1 Å². The number of aromatic nitrogens is 1. The van der Waals surface area contributed by atoms with Crippen LogP contribution in [-0.2, 0) is 6.54 Å². The Kier molecular flexibility index (Phi) is 4.74. The minimum absolute atomic E-state index is 0.522. The van der Waals surface area contributed by atoms with Gasteiger partial charge in [-0.1, -0.05) is 6.92 Å². The molecule has 0 aliphatic rings. The van der Waals surface area contributed by atoms with E-state index < -0.39 is 0 Å². The SMILES string of the molecule is CCC(C)NCc1ncc(C)c(OC)c1C. The molecule has 3 heteroatoms. The largest absolute Gasteiger partial charge is 0.496 e. The van der Waals surface area contributed by atoms with Crippen molar-refractivity contribution < 1.29 is 4.74 Å². The van der Waals surface area contributed by atoms with Crippen LogP contribution in [-0.4, -0.2) is 18.1 Å². The van der Waals surface area contributed by atoms with Gasteiger partial charge in [-0.25, -0.2) is 0 Å². The van der Waals surface area contributed by atoms with E-state index in [0.29, 0.717) is 6.04 Å². The third-order valence-electron chi connectivity index (χ3n) is 2.98. The number of aryl methyl sites for hydroxylation is 1. The molecule has 0 saturated carbocycles. The van der Waals surface area contributed by atoms with Crippen LogP contribution < -0.4 is 10.1 Å². The number of rotatable bonds is 5.